The highest BCUT2D eigenvalue weighted by Crippen LogP contribution is 2.42. The minimum absolute atomic E-state index is 0.691. The van der Waals surface area contributed by atoms with Crippen LogP contribution < -0.4 is 5.32 Å². The Morgan fingerprint density at radius 3 is 2.68 bits per heavy atom. The minimum Gasteiger partial charge on any atom is -0.370 e. The monoisotopic (exact) mass is 259 g/mol. The maximum absolute atomic E-state index is 5.01. The van der Waals surface area contributed by atoms with Crippen molar-refractivity contribution in [3.05, 3.63) is 11.8 Å². The van der Waals surface area contributed by atoms with Crippen LogP contribution in [0, 0.1) is 5.92 Å². The van der Waals surface area contributed by atoms with Crippen LogP contribution in [0.5, 0.6) is 0 Å². The summed E-state index contributed by atoms with van der Waals surface area (Å²) in [4.78, 5) is 0. The molecule has 3 nitrogen and oxygen atoms in total. The lowest BCUT2D eigenvalue weighted by Gasteiger charge is -2.28. The molecule has 1 N–H and O–H groups in total. The van der Waals surface area contributed by atoms with Crippen molar-refractivity contribution < 1.29 is 0 Å². The van der Waals surface area contributed by atoms with Crippen molar-refractivity contribution in [2.45, 2.75) is 69.7 Å². The van der Waals surface area contributed by atoms with Gasteiger partial charge in [0, 0.05) is 18.5 Å². The van der Waals surface area contributed by atoms with E-state index in [4.69, 9.17) is 5.10 Å². The zero-order valence-electron chi connectivity index (χ0n) is 11.8. The van der Waals surface area contributed by atoms with Crippen molar-refractivity contribution in [1.29, 1.82) is 0 Å². The van der Waals surface area contributed by atoms with Crippen molar-refractivity contribution in [3.8, 4) is 0 Å². The first-order valence-corrected chi connectivity index (χ1v) is 8.25. The van der Waals surface area contributed by atoms with E-state index >= 15 is 0 Å². The third-order valence-electron chi connectivity index (χ3n) is 5.51. The van der Waals surface area contributed by atoms with Crippen molar-refractivity contribution in [3.63, 3.8) is 0 Å². The van der Waals surface area contributed by atoms with E-state index < -0.39 is 0 Å². The molecule has 4 rings (SSSR count). The van der Waals surface area contributed by atoms with Gasteiger partial charge < -0.3 is 5.32 Å². The summed E-state index contributed by atoms with van der Waals surface area (Å²) in [5.41, 5.74) is 1.37. The Labute approximate surface area is 115 Å². The first-order chi connectivity index (χ1) is 9.42. The van der Waals surface area contributed by atoms with E-state index in [0.717, 1.165) is 11.8 Å². The molecule has 1 aromatic heterocycles. The van der Waals surface area contributed by atoms with Gasteiger partial charge in [-0.2, -0.15) is 5.10 Å². The number of hydrogen-bond donors (Lipinski definition) is 1. The van der Waals surface area contributed by atoms with E-state index in [1.807, 2.05) is 0 Å². The summed E-state index contributed by atoms with van der Waals surface area (Å²) in [6.45, 7) is 1.17. The number of nitrogens with zero attached hydrogens (tertiary/aromatic N) is 2. The molecule has 104 valence electrons. The predicted molar refractivity (Wildman–Crippen MR) is 77.5 cm³/mol. The second-order valence-electron chi connectivity index (χ2n) is 6.73. The molecule has 0 saturated heterocycles. The van der Waals surface area contributed by atoms with Crippen LogP contribution in [0.1, 0.15) is 75.4 Å². The van der Waals surface area contributed by atoms with Crippen LogP contribution in [0.2, 0.25) is 0 Å². The Bertz CT molecular complexity index is 443. The minimum atomic E-state index is 0.691. The number of rotatable bonds is 1. The smallest absolute Gasteiger partial charge is 0.124 e. The van der Waals surface area contributed by atoms with Gasteiger partial charge in [-0.3, -0.25) is 0 Å². The van der Waals surface area contributed by atoms with Crippen molar-refractivity contribution in [1.82, 2.24) is 9.78 Å². The molecule has 0 amide bonds. The second kappa shape index (κ2) is 4.84. The Kier molecular flexibility index (Phi) is 3.01. The molecule has 2 unspecified atom stereocenters. The van der Waals surface area contributed by atoms with Crippen LogP contribution in [0.3, 0.4) is 0 Å². The van der Waals surface area contributed by atoms with Gasteiger partial charge in [-0.1, -0.05) is 32.1 Å². The van der Waals surface area contributed by atoms with Gasteiger partial charge in [-0.15, -0.1) is 0 Å². The van der Waals surface area contributed by atoms with E-state index in [2.05, 4.69) is 16.1 Å². The van der Waals surface area contributed by atoms with Crippen LogP contribution in [-0.4, -0.2) is 16.3 Å². The van der Waals surface area contributed by atoms with E-state index in [-0.39, 0.29) is 0 Å². The molecule has 2 fully saturated rings. The first kappa shape index (κ1) is 11.8. The van der Waals surface area contributed by atoms with E-state index in [0.29, 0.717) is 6.04 Å². The summed E-state index contributed by atoms with van der Waals surface area (Å²) in [6, 6.07) is 3.04. The molecule has 1 aliphatic heterocycles. The summed E-state index contributed by atoms with van der Waals surface area (Å²) in [6.07, 6.45) is 12.4. The van der Waals surface area contributed by atoms with E-state index in [1.54, 1.807) is 0 Å². The standard InChI is InChI=1S/C16H25N3/c1-2-4-7-12(6-3-1)14-10-16-17-11-13-8-5-9-15(13)19(16)18-14/h10,12-13,15,17H,1-9,11H2. The lowest BCUT2D eigenvalue weighted by molar-refractivity contribution is 0.344. The number of anilines is 1. The van der Waals surface area contributed by atoms with Gasteiger partial charge >= 0.3 is 0 Å². The Morgan fingerprint density at radius 1 is 1.00 bits per heavy atom. The molecule has 0 spiro atoms. The lowest BCUT2D eigenvalue weighted by atomic mass is 9.97. The van der Waals surface area contributed by atoms with Gasteiger partial charge in [0.05, 0.1) is 11.7 Å². The van der Waals surface area contributed by atoms with Crippen molar-refractivity contribution >= 4 is 5.82 Å². The average molecular weight is 259 g/mol. The fourth-order valence-corrected chi connectivity index (χ4v) is 4.39. The van der Waals surface area contributed by atoms with E-state index in [1.165, 1.54) is 75.8 Å². The molecule has 0 aromatic carbocycles. The Balaban J connectivity index is 1.61. The molecular formula is C16H25N3. The zero-order valence-corrected chi connectivity index (χ0v) is 11.8. The average Bonchev–Trinajstić information content (AvgIpc) is 2.97. The molecule has 1 aromatic rings. The summed E-state index contributed by atoms with van der Waals surface area (Å²) in [5, 5.41) is 8.62. The fraction of sp³-hybridized carbons (Fsp3) is 0.812. The molecule has 3 aliphatic rings. The van der Waals surface area contributed by atoms with Crippen LogP contribution in [0.4, 0.5) is 5.82 Å². The number of fused-ring (bicyclic) bond motifs is 3. The maximum Gasteiger partial charge on any atom is 0.124 e. The molecule has 0 bridgehead atoms. The molecule has 3 heteroatoms. The highest BCUT2D eigenvalue weighted by atomic mass is 15.4. The van der Waals surface area contributed by atoms with Gasteiger partial charge in [0.25, 0.3) is 0 Å². The SMILES string of the molecule is c1c(C2CCCCCC2)nn2c1NCC1CCCC12. The number of nitrogens with one attached hydrogen (secondary N) is 1. The largest absolute Gasteiger partial charge is 0.370 e. The second-order valence-corrected chi connectivity index (χ2v) is 6.73. The van der Waals surface area contributed by atoms with Crippen molar-refractivity contribution in [2.24, 2.45) is 5.92 Å². The van der Waals surface area contributed by atoms with Gasteiger partial charge in [0.2, 0.25) is 0 Å². The third kappa shape index (κ3) is 2.07. The van der Waals surface area contributed by atoms with Crippen molar-refractivity contribution in [2.75, 3.05) is 11.9 Å². The van der Waals surface area contributed by atoms with Gasteiger partial charge in [0.1, 0.15) is 5.82 Å². The van der Waals surface area contributed by atoms with Crippen LogP contribution in [-0.2, 0) is 0 Å². The Morgan fingerprint density at radius 2 is 1.84 bits per heavy atom. The number of hydrogen-bond acceptors (Lipinski definition) is 2. The van der Waals surface area contributed by atoms with Crippen LogP contribution >= 0.6 is 0 Å². The predicted octanol–water partition coefficient (Wildman–Crippen LogP) is 4.09. The third-order valence-corrected chi connectivity index (χ3v) is 5.51. The highest BCUT2D eigenvalue weighted by molar-refractivity contribution is 5.41. The van der Waals surface area contributed by atoms with E-state index in [9.17, 15) is 0 Å². The molecule has 2 atom stereocenters. The topological polar surface area (TPSA) is 29.9 Å². The molecular weight excluding hydrogens is 234 g/mol. The summed E-state index contributed by atoms with van der Waals surface area (Å²) in [5.74, 6) is 2.85. The highest BCUT2D eigenvalue weighted by Gasteiger charge is 2.34. The normalized spacial score (nSPS) is 31.4. The molecule has 0 radical (unpaired) electrons. The fourth-order valence-electron chi connectivity index (χ4n) is 4.39. The Hall–Kier alpha value is -0.990. The van der Waals surface area contributed by atoms with Crippen LogP contribution in [0.15, 0.2) is 6.07 Å². The van der Waals surface area contributed by atoms with Gasteiger partial charge in [0.15, 0.2) is 0 Å². The molecule has 2 aliphatic carbocycles. The molecule has 19 heavy (non-hydrogen) atoms. The van der Waals surface area contributed by atoms with Crippen LogP contribution in [0.25, 0.3) is 0 Å². The lowest BCUT2D eigenvalue weighted by Crippen LogP contribution is -2.29. The molecule has 2 heterocycles. The summed E-state index contributed by atoms with van der Waals surface area (Å²) < 4.78 is 2.33. The van der Waals surface area contributed by atoms with Gasteiger partial charge in [-0.05, 0) is 31.6 Å². The van der Waals surface area contributed by atoms with Gasteiger partial charge in [-0.25, -0.2) is 4.68 Å². The summed E-state index contributed by atoms with van der Waals surface area (Å²) >= 11 is 0. The maximum atomic E-state index is 5.01. The quantitative estimate of drug-likeness (QED) is 0.770. The zero-order chi connectivity index (χ0) is 12.7. The molecule has 2 saturated carbocycles. The first-order valence-electron chi connectivity index (χ1n) is 8.25. The number of aromatic nitrogens is 2. The summed E-state index contributed by atoms with van der Waals surface area (Å²) in [7, 11) is 0.